The summed E-state index contributed by atoms with van der Waals surface area (Å²) < 4.78 is 19.3. The lowest BCUT2D eigenvalue weighted by Crippen LogP contribution is -2.02. The van der Waals surface area contributed by atoms with Crippen LogP contribution in [0.2, 0.25) is 0 Å². The normalized spacial score (nSPS) is 10.2. The summed E-state index contributed by atoms with van der Waals surface area (Å²) in [6.07, 6.45) is 1.02. The van der Waals surface area contributed by atoms with E-state index in [0.29, 0.717) is 11.4 Å². The SMILES string of the molecule is COc1ccc(Nc2nc(N)ncc2F)cc1Br. The number of methoxy groups -OCH3 is 1. The summed E-state index contributed by atoms with van der Waals surface area (Å²) in [5.74, 6) is 0.144. The van der Waals surface area contributed by atoms with Gasteiger partial charge in [-0.2, -0.15) is 4.98 Å². The van der Waals surface area contributed by atoms with Crippen LogP contribution in [0.4, 0.5) is 21.8 Å². The highest BCUT2D eigenvalue weighted by molar-refractivity contribution is 9.10. The third-order valence-electron chi connectivity index (χ3n) is 2.18. The quantitative estimate of drug-likeness (QED) is 0.911. The molecule has 7 heteroatoms. The second kappa shape index (κ2) is 5.18. The lowest BCUT2D eigenvalue weighted by molar-refractivity contribution is 0.412. The van der Waals surface area contributed by atoms with Crippen LogP contribution in [0.25, 0.3) is 0 Å². The molecule has 0 amide bonds. The van der Waals surface area contributed by atoms with Gasteiger partial charge in [-0.3, -0.25) is 0 Å². The third-order valence-corrected chi connectivity index (χ3v) is 2.80. The molecule has 0 radical (unpaired) electrons. The predicted molar refractivity (Wildman–Crippen MR) is 70.4 cm³/mol. The van der Waals surface area contributed by atoms with Crippen LogP contribution < -0.4 is 15.8 Å². The maximum Gasteiger partial charge on any atom is 0.222 e. The molecule has 2 rings (SSSR count). The predicted octanol–water partition coefficient (Wildman–Crippen LogP) is 2.71. The van der Waals surface area contributed by atoms with Gasteiger partial charge in [-0.05, 0) is 34.1 Å². The molecule has 5 nitrogen and oxygen atoms in total. The summed E-state index contributed by atoms with van der Waals surface area (Å²) in [6.45, 7) is 0. The van der Waals surface area contributed by atoms with Gasteiger partial charge in [0.05, 0.1) is 17.8 Å². The number of rotatable bonds is 3. The number of aromatic nitrogens is 2. The molecule has 1 heterocycles. The van der Waals surface area contributed by atoms with E-state index in [4.69, 9.17) is 10.5 Å². The topological polar surface area (TPSA) is 73.1 Å². The fraction of sp³-hybridized carbons (Fsp3) is 0.0909. The smallest absolute Gasteiger partial charge is 0.222 e. The van der Waals surface area contributed by atoms with Crippen molar-refractivity contribution in [3.8, 4) is 5.75 Å². The minimum Gasteiger partial charge on any atom is -0.496 e. The van der Waals surface area contributed by atoms with E-state index in [1.165, 1.54) is 0 Å². The van der Waals surface area contributed by atoms with E-state index >= 15 is 0 Å². The maximum atomic E-state index is 13.4. The first-order chi connectivity index (χ1) is 8.60. The number of benzene rings is 1. The standard InChI is InChI=1S/C11H10BrFN4O/c1-18-9-3-2-6(4-7(9)12)16-10-8(13)5-15-11(14)17-10/h2-5H,1H3,(H3,14,15,16,17). The molecule has 0 aliphatic rings. The Morgan fingerprint density at radius 1 is 1.44 bits per heavy atom. The van der Waals surface area contributed by atoms with Gasteiger partial charge in [0.25, 0.3) is 0 Å². The number of hydrogen-bond donors (Lipinski definition) is 2. The number of ether oxygens (including phenoxy) is 1. The van der Waals surface area contributed by atoms with Crippen LogP contribution >= 0.6 is 15.9 Å². The molecule has 2 aromatic rings. The van der Waals surface area contributed by atoms with Crippen molar-refractivity contribution >= 4 is 33.4 Å². The van der Waals surface area contributed by atoms with Crippen LogP contribution in [0.5, 0.6) is 5.75 Å². The summed E-state index contributed by atoms with van der Waals surface area (Å²) in [4.78, 5) is 7.32. The summed E-state index contributed by atoms with van der Waals surface area (Å²) in [7, 11) is 1.57. The van der Waals surface area contributed by atoms with Crippen LogP contribution in [-0.2, 0) is 0 Å². The number of nitrogens with two attached hydrogens (primary N) is 1. The zero-order chi connectivity index (χ0) is 13.1. The Hall–Kier alpha value is -1.89. The van der Waals surface area contributed by atoms with Gasteiger partial charge in [0.15, 0.2) is 11.6 Å². The molecule has 0 fully saturated rings. The average Bonchev–Trinajstić information content (AvgIpc) is 2.34. The zero-order valence-electron chi connectivity index (χ0n) is 9.45. The number of hydrogen-bond acceptors (Lipinski definition) is 5. The molecule has 18 heavy (non-hydrogen) atoms. The van der Waals surface area contributed by atoms with E-state index in [2.05, 4.69) is 31.2 Å². The van der Waals surface area contributed by atoms with E-state index in [1.807, 2.05) is 0 Å². The van der Waals surface area contributed by atoms with E-state index in [0.717, 1.165) is 10.7 Å². The van der Waals surface area contributed by atoms with Crippen molar-refractivity contribution in [3.05, 3.63) is 34.7 Å². The monoisotopic (exact) mass is 312 g/mol. The van der Waals surface area contributed by atoms with Crippen molar-refractivity contribution in [1.82, 2.24) is 9.97 Å². The Morgan fingerprint density at radius 3 is 2.89 bits per heavy atom. The second-order valence-corrected chi connectivity index (χ2v) is 4.25. The highest BCUT2D eigenvalue weighted by Gasteiger charge is 2.07. The highest BCUT2D eigenvalue weighted by Crippen LogP contribution is 2.29. The van der Waals surface area contributed by atoms with Crippen LogP contribution in [0.3, 0.4) is 0 Å². The van der Waals surface area contributed by atoms with Crippen molar-refractivity contribution in [2.45, 2.75) is 0 Å². The van der Waals surface area contributed by atoms with Gasteiger partial charge in [-0.25, -0.2) is 9.37 Å². The van der Waals surface area contributed by atoms with Crippen molar-refractivity contribution in [2.24, 2.45) is 0 Å². The Balaban J connectivity index is 2.28. The van der Waals surface area contributed by atoms with Crippen LogP contribution in [0, 0.1) is 5.82 Å². The molecule has 0 saturated carbocycles. The van der Waals surface area contributed by atoms with E-state index in [9.17, 15) is 4.39 Å². The van der Waals surface area contributed by atoms with Gasteiger partial charge in [0.2, 0.25) is 5.95 Å². The van der Waals surface area contributed by atoms with Crippen LogP contribution in [0.15, 0.2) is 28.9 Å². The first-order valence-corrected chi connectivity index (χ1v) is 5.78. The van der Waals surface area contributed by atoms with Gasteiger partial charge in [0, 0.05) is 5.69 Å². The molecule has 94 valence electrons. The Labute approximate surface area is 111 Å². The summed E-state index contributed by atoms with van der Waals surface area (Å²) >= 11 is 3.34. The van der Waals surface area contributed by atoms with Gasteiger partial charge in [-0.1, -0.05) is 0 Å². The van der Waals surface area contributed by atoms with Gasteiger partial charge >= 0.3 is 0 Å². The minimum atomic E-state index is -0.573. The van der Waals surface area contributed by atoms with Crippen molar-refractivity contribution in [1.29, 1.82) is 0 Å². The van der Waals surface area contributed by atoms with E-state index < -0.39 is 5.82 Å². The first-order valence-electron chi connectivity index (χ1n) is 4.98. The van der Waals surface area contributed by atoms with Crippen LogP contribution in [0.1, 0.15) is 0 Å². The molecule has 0 spiro atoms. The number of nitrogens with one attached hydrogen (secondary N) is 1. The fourth-order valence-corrected chi connectivity index (χ4v) is 1.89. The number of anilines is 3. The number of halogens is 2. The fourth-order valence-electron chi connectivity index (χ4n) is 1.35. The molecule has 0 saturated heterocycles. The summed E-state index contributed by atoms with van der Waals surface area (Å²) in [6, 6.07) is 5.23. The number of nitrogens with zero attached hydrogens (tertiary/aromatic N) is 2. The van der Waals surface area contributed by atoms with E-state index in [-0.39, 0.29) is 11.8 Å². The molecular weight excluding hydrogens is 303 g/mol. The highest BCUT2D eigenvalue weighted by atomic mass is 79.9. The molecule has 0 bridgehead atoms. The van der Waals surface area contributed by atoms with Gasteiger partial charge in [-0.15, -0.1) is 0 Å². The third kappa shape index (κ3) is 2.67. The lowest BCUT2D eigenvalue weighted by Gasteiger charge is -2.09. The maximum absolute atomic E-state index is 13.4. The van der Waals surface area contributed by atoms with Crippen molar-refractivity contribution < 1.29 is 9.13 Å². The summed E-state index contributed by atoms with van der Waals surface area (Å²) in [5.41, 5.74) is 6.05. The number of nitrogen functional groups attached to an aromatic ring is 1. The Kier molecular flexibility index (Phi) is 3.61. The van der Waals surface area contributed by atoms with Crippen molar-refractivity contribution in [3.63, 3.8) is 0 Å². The summed E-state index contributed by atoms with van der Waals surface area (Å²) in [5, 5.41) is 2.81. The lowest BCUT2D eigenvalue weighted by atomic mass is 10.3. The molecule has 3 N–H and O–H groups in total. The Morgan fingerprint density at radius 2 is 2.22 bits per heavy atom. The molecular formula is C11H10BrFN4O. The molecule has 0 unspecified atom stereocenters. The van der Waals surface area contributed by atoms with Gasteiger partial charge in [0.1, 0.15) is 5.75 Å². The minimum absolute atomic E-state index is 0.00600. The second-order valence-electron chi connectivity index (χ2n) is 3.40. The molecule has 0 aliphatic heterocycles. The van der Waals surface area contributed by atoms with Gasteiger partial charge < -0.3 is 15.8 Å². The van der Waals surface area contributed by atoms with E-state index in [1.54, 1.807) is 25.3 Å². The van der Waals surface area contributed by atoms with Crippen molar-refractivity contribution in [2.75, 3.05) is 18.2 Å². The largest absolute Gasteiger partial charge is 0.496 e. The van der Waals surface area contributed by atoms with Crippen LogP contribution in [-0.4, -0.2) is 17.1 Å². The molecule has 1 aromatic carbocycles. The molecule has 0 aliphatic carbocycles. The molecule has 1 aromatic heterocycles. The average molecular weight is 313 g/mol. The zero-order valence-corrected chi connectivity index (χ0v) is 11.0. The Bertz CT molecular complexity index is 579. The first kappa shape index (κ1) is 12.6. The molecule has 0 atom stereocenters.